The van der Waals surface area contributed by atoms with Gasteiger partial charge in [0.2, 0.25) is 5.88 Å². The average Bonchev–Trinajstić information content (AvgIpc) is 3.54. The van der Waals surface area contributed by atoms with Gasteiger partial charge in [-0.05, 0) is 55.3 Å². The standard InChI is InChI=1S/C23H17N5OS/c1-3-16(13-24-9-1)29-21-12-19-17(4-2-10-25-19)22(28-21)26-15-7-8-18-20(11-15)30-23(27-18)14-5-6-14/h1-4,7-14H,5-6H2,(H,26,28). The fraction of sp³-hybridized carbons (Fsp3) is 0.130. The minimum atomic E-state index is 0.464. The fourth-order valence-corrected chi connectivity index (χ4v) is 4.57. The SMILES string of the molecule is c1cncc(Oc2cc3ncccc3c(Nc3ccc4nc(C5CC5)sc4c3)n2)c1. The summed E-state index contributed by atoms with van der Waals surface area (Å²) in [5.74, 6) is 2.46. The third-order valence-electron chi connectivity index (χ3n) is 5.03. The summed E-state index contributed by atoms with van der Waals surface area (Å²) in [6, 6.07) is 15.7. The van der Waals surface area contributed by atoms with Gasteiger partial charge in [0.05, 0.1) is 26.9 Å². The quantitative estimate of drug-likeness (QED) is 0.380. The fourth-order valence-electron chi connectivity index (χ4n) is 3.39. The van der Waals surface area contributed by atoms with Crippen LogP contribution in [0, 0.1) is 0 Å². The minimum Gasteiger partial charge on any atom is -0.437 e. The zero-order valence-corrected chi connectivity index (χ0v) is 16.8. The van der Waals surface area contributed by atoms with Gasteiger partial charge in [0, 0.05) is 35.5 Å². The van der Waals surface area contributed by atoms with Gasteiger partial charge in [-0.3, -0.25) is 9.97 Å². The van der Waals surface area contributed by atoms with Crippen LogP contribution in [0.2, 0.25) is 0 Å². The number of anilines is 2. The van der Waals surface area contributed by atoms with Crippen LogP contribution in [0.15, 0.2) is 67.1 Å². The lowest BCUT2D eigenvalue weighted by atomic mass is 10.2. The summed E-state index contributed by atoms with van der Waals surface area (Å²) in [5.41, 5.74) is 2.83. The van der Waals surface area contributed by atoms with E-state index in [1.807, 2.05) is 36.4 Å². The van der Waals surface area contributed by atoms with E-state index < -0.39 is 0 Å². The highest BCUT2D eigenvalue weighted by atomic mass is 32.1. The maximum Gasteiger partial charge on any atom is 0.223 e. The number of ether oxygens (including phenoxy) is 1. The number of rotatable bonds is 5. The number of nitrogens with zero attached hydrogens (tertiary/aromatic N) is 4. The lowest BCUT2D eigenvalue weighted by Gasteiger charge is -2.11. The molecule has 0 radical (unpaired) electrons. The van der Waals surface area contributed by atoms with E-state index in [1.54, 1.807) is 29.9 Å². The third kappa shape index (κ3) is 3.33. The number of thiazole rings is 1. The van der Waals surface area contributed by atoms with Crippen molar-refractivity contribution in [3.8, 4) is 11.6 Å². The van der Waals surface area contributed by atoms with Gasteiger partial charge in [-0.15, -0.1) is 11.3 Å². The van der Waals surface area contributed by atoms with Gasteiger partial charge in [-0.25, -0.2) is 4.98 Å². The lowest BCUT2D eigenvalue weighted by molar-refractivity contribution is 0.462. The Bertz CT molecular complexity index is 1360. The van der Waals surface area contributed by atoms with Crippen LogP contribution in [-0.4, -0.2) is 19.9 Å². The van der Waals surface area contributed by atoms with Crippen LogP contribution in [0.5, 0.6) is 11.6 Å². The normalized spacial score (nSPS) is 13.6. The molecule has 5 aromatic rings. The van der Waals surface area contributed by atoms with Gasteiger partial charge < -0.3 is 10.1 Å². The summed E-state index contributed by atoms with van der Waals surface area (Å²) in [5, 5.41) is 5.63. The Kier molecular flexibility index (Phi) is 4.06. The van der Waals surface area contributed by atoms with Crippen molar-refractivity contribution in [3.63, 3.8) is 0 Å². The predicted octanol–water partition coefficient (Wildman–Crippen LogP) is 6.05. The number of pyridine rings is 3. The Morgan fingerprint density at radius 1 is 0.967 bits per heavy atom. The van der Waals surface area contributed by atoms with Crippen molar-refractivity contribution in [1.29, 1.82) is 0 Å². The maximum absolute atomic E-state index is 5.91. The summed E-state index contributed by atoms with van der Waals surface area (Å²) in [4.78, 5) is 18.0. The van der Waals surface area contributed by atoms with E-state index in [9.17, 15) is 0 Å². The van der Waals surface area contributed by atoms with Crippen molar-refractivity contribution < 1.29 is 4.74 Å². The van der Waals surface area contributed by atoms with Gasteiger partial charge in [0.15, 0.2) is 0 Å². The van der Waals surface area contributed by atoms with Gasteiger partial charge in [0.25, 0.3) is 0 Å². The molecule has 0 atom stereocenters. The minimum absolute atomic E-state index is 0.464. The Balaban J connectivity index is 1.38. The van der Waals surface area contributed by atoms with Crippen molar-refractivity contribution in [3.05, 3.63) is 72.1 Å². The van der Waals surface area contributed by atoms with Crippen LogP contribution >= 0.6 is 11.3 Å². The molecule has 30 heavy (non-hydrogen) atoms. The van der Waals surface area contributed by atoms with Gasteiger partial charge in [0.1, 0.15) is 11.6 Å². The van der Waals surface area contributed by atoms with Crippen molar-refractivity contribution in [2.45, 2.75) is 18.8 Å². The number of nitrogens with one attached hydrogen (secondary N) is 1. The average molecular weight is 411 g/mol. The van der Waals surface area contributed by atoms with Gasteiger partial charge in [-0.1, -0.05) is 0 Å². The highest BCUT2D eigenvalue weighted by molar-refractivity contribution is 7.18. The van der Waals surface area contributed by atoms with E-state index in [0.29, 0.717) is 23.4 Å². The van der Waals surface area contributed by atoms with Crippen LogP contribution in [0.25, 0.3) is 21.1 Å². The molecule has 4 heterocycles. The summed E-state index contributed by atoms with van der Waals surface area (Å²) >= 11 is 1.79. The molecule has 1 saturated carbocycles. The second-order valence-corrected chi connectivity index (χ2v) is 8.37. The molecule has 0 bridgehead atoms. The first-order chi connectivity index (χ1) is 14.8. The Labute approximate surface area is 176 Å². The van der Waals surface area contributed by atoms with Crippen molar-refractivity contribution in [2.24, 2.45) is 0 Å². The number of aromatic nitrogens is 4. The van der Waals surface area contributed by atoms with E-state index in [4.69, 9.17) is 14.7 Å². The van der Waals surface area contributed by atoms with E-state index in [1.165, 1.54) is 22.5 Å². The van der Waals surface area contributed by atoms with Crippen molar-refractivity contribution in [1.82, 2.24) is 19.9 Å². The molecule has 7 heteroatoms. The second-order valence-electron chi connectivity index (χ2n) is 7.30. The molecule has 1 aromatic carbocycles. The Hall–Kier alpha value is -3.58. The highest BCUT2D eigenvalue weighted by Crippen LogP contribution is 2.43. The molecule has 0 unspecified atom stereocenters. The molecular formula is C23H17N5OS. The van der Waals surface area contributed by atoms with Crippen LogP contribution in [0.3, 0.4) is 0 Å². The molecule has 6 rings (SSSR count). The zero-order chi connectivity index (χ0) is 19.9. The van der Waals surface area contributed by atoms with Crippen LogP contribution in [-0.2, 0) is 0 Å². The van der Waals surface area contributed by atoms with Crippen molar-refractivity contribution >= 4 is 44.0 Å². The molecule has 0 saturated heterocycles. The smallest absolute Gasteiger partial charge is 0.223 e. The monoisotopic (exact) mass is 411 g/mol. The number of hydrogen-bond acceptors (Lipinski definition) is 7. The first kappa shape index (κ1) is 17.3. The molecule has 1 N–H and O–H groups in total. The molecular weight excluding hydrogens is 394 g/mol. The van der Waals surface area contributed by atoms with Gasteiger partial charge in [-0.2, -0.15) is 4.98 Å². The van der Waals surface area contributed by atoms with E-state index in [-0.39, 0.29) is 0 Å². The molecule has 0 amide bonds. The summed E-state index contributed by atoms with van der Waals surface area (Å²) in [7, 11) is 0. The second kappa shape index (κ2) is 7.03. The molecule has 6 nitrogen and oxygen atoms in total. The predicted molar refractivity (Wildman–Crippen MR) is 119 cm³/mol. The molecule has 0 aliphatic heterocycles. The number of benzene rings is 1. The number of hydrogen-bond donors (Lipinski definition) is 1. The molecule has 0 spiro atoms. The number of fused-ring (bicyclic) bond motifs is 2. The molecule has 1 aliphatic carbocycles. The largest absolute Gasteiger partial charge is 0.437 e. The van der Waals surface area contributed by atoms with Crippen molar-refractivity contribution in [2.75, 3.05) is 5.32 Å². The highest BCUT2D eigenvalue weighted by Gasteiger charge is 2.27. The summed E-state index contributed by atoms with van der Waals surface area (Å²) in [6.45, 7) is 0. The van der Waals surface area contributed by atoms with Crippen LogP contribution < -0.4 is 10.1 Å². The van der Waals surface area contributed by atoms with Gasteiger partial charge >= 0.3 is 0 Å². The lowest BCUT2D eigenvalue weighted by Crippen LogP contribution is -1.98. The Morgan fingerprint density at radius 3 is 2.77 bits per heavy atom. The van der Waals surface area contributed by atoms with E-state index in [2.05, 4.69) is 27.4 Å². The topological polar surface area (TPSA) is 72.8 Å². The first-order valence-electron chi connectivity index (χ1n) is 9.83. The first-order valence-corrected chi connectivity index (χ1v) is 10.6. The van der Waals surface area contributed by atoms with Crippen LogP contribution in [0.1, 0.15) is 23.8 Å². The molecule has 1 fully saturated rings. The van der Waals surface area contributed by atoms with E-state index in [0.717, 1.165) is 22.1 Å². The van der Waals surface area contributed by atoms with Crippen LogP contribution in [0.4, 0.5) is 11.5 Å². The zero-order valence-electron chi connectivity index (χ0n) is 15.9. The summed E-state index contributed by atoms with van der Waals surface area (Å²) < 4.78 is 7.10. The van der Waals surface area contributed by atoms with E-state index >= 15 is 0 Å². The molecule has 146 valence electrons. The molecule has 4 aromatic heterocycles. The molecule has 1 aliphatic rings. The Morgan fingerprint density at radius 2 is 1.90 bits per heavy atom. The maximum atomic E-state index is 5.91. The summed E-state index contributed by atoms with van der Waals surface area (Å²) in [6.07, 6.45) is 7.66. The third-order valence-corrected chi connectivity index (χ3v) is 6.21.